The van der Waals surface area contributed by atoms with Crippen LogP contribution in [0.2, 0.25) is 0 Å². The van der Waals surface area contributed by atoms with Crippen molar-refractivity contribution in [3.05, 3.63) is 11.1 Å². The molecule has 4 aliphatic rings. The molecule has 0 aromatic rings. The molecule has 3 saturated carbocycles. The lowest BCUT2D eigenvalue weighted by molar-refractivity contribution is -0.172. The predicted molar refractivity (Wildman–Crippen MR) is 88.7 cm³/mol. The third-order valence-corrected chi connectivity index (χ3v) is 8.12. The fraction of sp³-hybridized carbons (Fsp3) is 0.850. The molecule has 2 bridgehead atoms. The Balaban J connectivity index is 1.79. The quantitative estimate of drug-likeness (QED) is 0.675. The van der Waals surface area contributed by atoms with E-state index in [4.69, 9.17) is 0 Å². The Hall–Kier alpha value is -0.670. The standard InChI is InChI=1S/C20H30O3/c1-10-6-12-7-15(11(10)2)18(22)19(23)20(3)16(8-12)14-5-4-13(14)9-17(20)21/h10,12-14,16-18,21-22H,4-9H2,1-3H3/t10?,12?,13-,14?,16?,17?,18?,20-/m0/s1. The van der Waals surface area contributed by atoms with Crippen LogP contribution in [0.25, 0.3) is 0 Å². The van der Waals surface area contributed by atoms with Crippen molar-refractivity contribution >= 4 is 5.78 Å². The SMILES string of the molecule is CC1=C2CC(CC1C)CC1C3CC[C@H]3CC(O)[C@@]1(C)C(=O)C2O. The molecule has 3 nitrogen and oxygen atoms in total. The second kappa shape index (κ2) is 5.16. The Bertz CT molecular complexity index is 565. The number of carbonyl (C=O) groups excluding carboxylic acids is 1. The van der Waals surface area contributed by atoms with Crippen molar-refractivity contribution in [2.75, 3.05) is 0 Å². The van der Waals surface area contributed by atoms with Gasteiger partial charge in [-0.05, 0) is 87.5 Å². The first-order valence-corrected chi connectivity index (χ1v) is 9.44. The topological polar surface area (TPSA) is 57.5 Å². The molecule has 3 heteroatoms. The third kappa shape index (κ3) is 2.05. The van der Waals surface area contributed by atoms with Crippen LogP contribution in [0, 0.1) is 35.0 Å². The van der Waals surface area contributed by atoms with Crippen LogP contribution in [-0.4, -0.2) is 28.2 Å². The van der Waals surface area contributed by atoms with E-state index < -0.39 is 17.6 Å². The van der Waals surface area contributed by atoms with Gasteiger partial charge in [-0.3, -0.25) is 4.79 Å². The van der Waals surface area contributed by atoms with Crippen LogP contribution >= 0.6 is 0 Å². The van der Waals surface area contributed by atoms with Crippen molar-refractivity contribution < 1.29 is 15.0 Å². The lowest BCUT2D eigenvalue weighted by Gasteiger charge is -2.58. The lowest BCUT2D eigenvalue weighted by atomic mass is 9.46. The molecule has 8 atom stereocenters. The zero-order valence-electron chi connectivity index (χ0n) is 14.6. The summed E-state index contributed by atoms with van der Waals surface area (Å²) in [7, 11) is 0. The summed E-state index contributed by atoms with van der Waals surface area (Å²) in [6.07, 6.45) is 4.65. The Labute approximate surface area is 139 Å². The zero-order valence-corrected chi connectivity index (χ0v) is 14.6. The molecule has 0 aromatic heterocycles. The van der Waals surface area contributed by atoms with E-state index in [9.17, 15) is 15.0 Å². The number of rotatable bonds is 0. The third-order valence-electron chi connectivity index (χ3n) is 8.12. The van der Waals surface area contributed by atoms with E-state index in [2.05, 4.69) is 13.8 Å². The van der Waals surface area contributed by atoms with Gasteiger partial charge in [0.25, 0.3) is 0 Å². The molecule has 6 unspecified atom stereocenters. The van der Waals surface area contributed by atoms with Crippen molar-refractivity contribution in [1.29, 1.82) is 0 Å². The van der Waals surface area contributed by atoms with Gasteiger partial charge in [-0.2, -0.15) is 0 Å². The van der Waals surface area contributed by atoms with Crippen LogP contribution in [-0.2, 0) is 4.79 Å². The van der Waals surface area contributed by atoms with Gasteiger partial charge in [0.15, 0.2) is 5.78 Å². The van der Waals surface area contributed by atoms with Gasteiger partial charge in [0.2, 0.25) is 0 Å². The van der Waals surface area contributed by atoms with Gasteiger partial charge in [0.1, 0.15) is 6.10 Å². The number of carbonyl (C=O) groups is 1. The average molecular weight is 318 g/mol. The first-order chi connectivity index (χ1) is 10.8. The maximum Gasteiger partial charge on any atom is 0.174 e. The Morgan fingerprint density at radius 1 is 1.13 bits per heavy atom. The van der Waals surface area contributed by atoms with E-state index in [1.54, 1.807) is 0 Å². The highest BCUT2D eigenvalue weighted by molar-refractivity contribution is 5.92. The lowest BCUT2D eigenvalue weighted by Crippen LogP contribution is -2.61. The Morgan fingerprint density at radius 2 is 1.87 bits per heavy atom. The van der Waals surface area contributed by atoms with Gasteiger partial charge in [-0.15, -0.1) is 0 Å². The minimum absolute atomic E-state index is 0.109. The van der Waals surface area contributed by atoms with Gasteiger partial charge < -0.3 is 10.2 Å². The summed E-state index contributed by atoms with van der Waals surface area (Å²) in [6.45, 7) is 6.25. The summed E-state index contributed by atoms with van der Waals surface area (Å²) in [5, 5.41) is 21.7. The predicted octanol–water partition coefficient (Wildman–Crippen LogP) is 3.10. The Morgan fingerprint density at radius 3 is 2.52 bits per heavy atom. The van der Waals surface area contributed by atoms with Crippen molar-refractivity contribution in [2.24, 2.45) is 35.0 Å². The average Bonchev–Trinajstić information content (AvgIpc) is 2.49. The molecule has 0 aliphatic heterocycles. The summed E-state index contributed by atoms with van der Waals surface area (Å²) in [4.78, 5) is 13.2. The molecule has 4 aliphatic carbocycles. The number of hydrogen-bond acceptors (Lipinski definition) is 3. The van der Waals surface area contributed by atoms with E-state index in [1.165, 1.54) is 18.4 Å². The molecule has 3 fully saturated rings. The molecular formula is C20H30O3. The molecule has 23 heavy (non-hydrogen) atoms. The number of aliphatic hydroxyl groups is 2. The highest BCUT2D eigenvalue weighted by Gasteiger charge is 2.60. The molecule has 0 aromatic carbocycles. The number of ketones is 1. The molecular weight excluding hydrogens is 288 g/mol. The first-order valence-electron chi connectivity index (χ1n) is 9.44. The molecule has 0 heterocycles. The number of fused-ring (bicyclic) bond motifs is 5. The van der Waals surface area contributed by atoms with Crippen molar-refractivity contribution in [3.63, 3.8) is 0 Å². The monoisotopic (exact) mass is 318 g/mol. The molecule has 128 valence electrons. The Kier molecular flexibility index (Phi) is 3.55. The van der Waals surface area contributed by atoms with Crippen LogP contribution in [0.5, 0.6) is 0 Å². The van der Waals surface area contributed by atoms with Gasteiger partial charge in [-0.25, -0.2) is 0 Å². The van der Waals surface area contributed by atoms with E-state index in [0.717, 1.165) is 31.3 Å². The van der Waals surface area contributed by atoms with E-state index in [1.807, 2.05) is 6.92 Å². The summed E-state index contributed by atoms with van der Waals surface area (Å²) in [6, 6.07) is 0. The van der Waals surface area contributed by atoms with Crippen LogP contribution < -0.4 is 0 Å². The number of aliphatic hydroxyl groups excluding tert-OH is 2. The normalized spacial score (nSPS) is 52.9. The van der Waals surface area contributed by atoms with Crippen molar-refractivity contribution in [1.82, 2.24) is 0 Å². The molecule has 0 amide bonds. The highest BCUT2D eigenvalue weighted by atomic mass is 16.3. The summed E-state index contributed by atoms with van der Waals surface area (Å²) in [5.74, 6) is 2.35. The van der Waals surface area contributed by atoms with Gasteiger partial charge in [0.05, 0.1) is 11.5 Å². The molecule has 0 saturated heterocycles. The van der Waals surface area contributed by atoms with Crippen LogP contribution in [0.3, 0.4) is 0 Å². The highest BCUT2D eigenvalue weighted by Crippen LogP contribution is 2.60. The molecule has 4 rings (SSSR count). The minimum atomic E-state index is -1.00. The maximum atomic E-state index is 13.2. The smallest absolute Gasteiger partial charge is 0.174 e. The largest absolute Gasteiger partial charge is 0.392 e. The second-order valence-corrected chi connectivity index (χ2v) is 9.06. The molecule has 0 radical (unpaired) electrons. The minimum Gasteiger partial charge on any atom is -0.392 e. The fourth-order valence-corrected chi connectivity index (χ4v) is 6.27. The van der Waals surface area contributed by atoms with Crippen molar-refractivity contribution in [2.45, 2.75) is 71.5 Å². The van der Waals surface area contributed by atoms with E-state index >= 15 is 0 Å². The van der Waals surface area contributed by atoms with Crippen LogP contribution in [0.1, 0.15) is 59.3 Å². The summed E-state index contributed by atoms with van der Waals surface area (Å²) in [5.41, 5.74) is 1.41. The van der Waals surface area contributed by atoms with Crippen molar-refractivity contribution in [3.8, 4) is 0 Å². The van der Waals surface area contributed by atoms with Gasteiger partial charge >= 0.3 is 0 Å². The van der Waals surface area contributed by atoms with Crippen LogP contribution in [0.4, 0.5) is 0 Å². The van der Waals surface area contributed by atoms with Crippen LogP contribution in [0.15, 0.2) is 11.1 Å². The van der Waals surface area contributed by atoms with Gasteiger partial charge in [0, 0.05) is 0 Å². The number of Topliss-reactive ketones (excluding diaryl/α,β-unsaturated/α-hetero) is 1. The second-order valence-electron chi connectivity index (χ2n) is 9.06. The van der Waals surface area contributed by atoms with Gasteiger partial charge in [-0.1, -0.05) is 12.5 Å². The summed E-state index contributed by atoms with van der Waals surface area (Å²) < 4.78 is 0. The van der Waals surface area contributed by atoms with E-state index in [-0.39, 0.29) is 11.7 Å². The number of allylic oxidation sites excluding steroid dienone is 1. The summed E-state index contributed by atoms with van der Waals surface area (Å²) >= 11 is 0. The first kappa shape index (κ1) is 15.8. The molecule has 0 spiro atoms. The van der Waals surface area contributed by atoms with E-state index in [0.29, 0.717) is 23.7 Å². The number of hydrogen-bond donors (Lipinski definition) is 2. The molecule has 2 N–H and O–H groups in total. The maximum absolute atomic E-state index is 13.2. The fourth-order valence-electron chi connectivity index (χ4n) is 6.27. The zero-order chi connectivity index (χ0) is 16.5.